The van der Waals surface area contributed by atoms with E-state index >= 15 is 0 Å². The van der Waals surface area contributed by atoms with Crippen molar-refractivity contribution in [2.24, 2.45) is 0 Å². The Morgan fingerprint density at radius 2 is 0.539 bits per heavy atom. The number of carbonyl (C=O) groups is 1. The summed E-state index contributed by atoms with van der Waals surface area (Å²) in [5, 5.41) is 232. The summed E-state index contributed by atoms with van der Waals surface area (Å²) < 4.78 is 83.0. The highest BCUT2D eigenvalue weighted by Crippen LogP contribution is 2.53. The maximum Gasteiger partial charge on any atom is 0.258 e. The van der Waals surface area contributed by atoms with Gasteiger partial charge in [-0.1, -0.05) is 47.0 Å². The van der Waals surface area contributed by atoms with Crippen molar-refractivity contribution in [3.05, 3.63) is 29.6 Å². The Morgan fingerprint density at radius 3 is 0.775 bits per heavy atom. The van der Waals surface area contributed by atoms with Gasteiger partial charge in [0.2, 0.25) is 0 Å². The molecule has 508 valence electrons. The average Bonchev–Trinajstić information content (AvgIpc) is 2.36. The van der Waals surface area contributed by atoms with Crippen LogP contribution in [0.25, 0.3) is 0 Å². The first-order valence-corrected chi connectivity index (χ1v) is 31.4. The summed E-state index contributed by atoms with van der Waals surface area (Å²) >= 11 is 5.31. The lowest BCUT2D eigenvalue weighted by Gasteiger charge is -2.50. The summed E-state index contributed by atoms with van der Waals surface area (Å²) in [4.78, 5) is 13.9. The third-order valence-electron chi connectivity index (χ3n) is 16.3. The Bertz CT molecular complexity index is 2420. The predicted molar refractivity (Wildman–Crippen MR) is 289 cm³/mol. The lowest BCUT2D eigenvalue weighted by molar-refractivity contribution is -0.396. The van der Waals surface area contributed by atoms with Crippen molar-refractivity contribution < 1.29 is 173 Å². The van der Waals surface area contributed by atoms with Crippen LogP contribution in [-0.2, 0) is 71.1 Å². The highest BCUT2D eigenvalue weighted by atomic mass is 32.2. The van der Waals surface area contributed by atoms with Gasteiger partial charge in [0.1, 0.15) is 171 Å². The van der Waals surface area contributed by atoms with Crippen LogP contribution < -0.4 is 5.32 Å². The lowest BCUT2D eigenvalue weighted by atomic mass is 9.95. The number of hydrogen-bond donors (Lipinski definition) is 21. The molecule has 21 saturated heterocycles. The molecule has 23 aliphatic heterocycles. The van der Waals surface area contributed by atoms with Gasteiger partial charge in [-0.15, -0.1) is 0 Å². The summed E-state index contributed by atoms with van der Waals surface area (Å²) in [5.41, 5.74) is 0. The van der Waals surface area contributed by atoms with Crippen molar-refractivity contribution in [3.63, 3.8) is 0 Å². The van der Waals surface area contributed by atoms with E-state index in [1.165, 1.54) is 35.3 Å². The minimum atomic E-state index is -2.25. The third kappa shape index (κ3) is 14.4. The van der Waals surface area contributed by atoms with Gasteiger partial charge in [-0.25, -0.2) is 0 Å². The van der Waals surface area contributed by atoms with Crippen molar-refractivity contribution in [3.8, 4) is 0 Å². The van der Waals surface area contributed by atoms with E-state index in [-0.39, 0.29) is 4.91 Å². The molecule has 23 heterocycles. The summed E-state index contributed by atoms with van der Waals surface area (Å²) in [7, 11) is 0. The molecule has 0 saturated carbocycles. The van der Waals surface area contributed by atoms with E-state index in [9.17, 15) is 107 Å². The van der Waals surface area contributed by atoms with Gasteiger partial charge in [0.15, 0.2) is 44.0 Å². The molecular weight excluding hydrogens is 1290 g/mol. The van der Waals surface area contributed by atoms with E-state index in [1.807, 2.05) is 10.8 Å². The SMILES string of the molecule is O=C(NC[C@H]1O[C@@H]2O[C@H]3[C@H](O)[C@@H](O)[C@@H](O[C@H]4[C@H](O)[C@@H](O)[C@@H](O[C@H]5[C@H](O)[C@@H](O)[C@@H](O[C@H]6[C@H](O)[C@@H](O)[C@@H](O[C@H]7[C@H](O)[C@@H](O)[C@@H](O[C@H]8[C@H](O)[C@@H](O)[C@@H](O[C@H]1[C@H](O)[C@H]2O)O[C@@H]8CO)O[C@@H]7CO)O[C@@H]6CO)O[C@@H]5CO)O[C@@H]4CO)O[C@@H]3CO)C1=CSC(=C2SC=CS2)S1. The molecule has 14 bridgehead atoms. The number of aliphatic hydroxyl groups excluding tert-OH is 20. The maximum absolute atomic E-state index is 13.7. The molecule has 89 heavy (non-hydrogen) atoms. The number of ether oxygens (including phenoxy) is 14. The quantitative estimate of drug-likeness (QED) is 0.102. The Labute approximate surface area is 520 Å². The van der Waals surface area contributed by atoms with Gasteiger partial charge in [-0.05, 0) is 16.2 Å². The second-order valence-electron chi connectivity index (χ2n) is 22.0. The van der Waals surface area contributed by atoms with Crippen LogP contribution in [-0.4, -0.2) is 369 Å². The van der Waals surface area contributed by atoms with Gasteiger partial charge in [-0.3, -0.25) is 4.79 Å². The van der Waals surface area contributed by atoms with Gasteiger partial charge in [0, 0.05) is 6.54 Å². The van der Waals surface area contributed by atoms with E-state index in [2.05, 4.69) is 5.32 Å². The van der Waals surface area contributed by atoms with Crippen molar-refractivity contribution >= 4 is 53.0 Å². The highest BCUT2D eigenvalue weighted by molar-refractivity contribution is 8.33. The van der Waals surface area contributed by atoms with E-state index in [1.54, 1.807) is 5.41 Å². The van der Waals surface area contributed by atoms with Crippen LogP contribution in [0.15, 0.2) is 29.6 Å². The number of carbonyl (C=O) groups excluding carboxylic acids is 1. The standard InChI is InChI=1S/C49H73NO35S4/c51-4-12-34-21(59)28(66)43(74-12)82-36-14(6-53)76-45(30(68)23(36)61)84-38-16(8-55)78-47(32(70)25(38)63)85-39-17(9-56)77-46(31(69)24(39)62)83-37-15(7-54)75-44(29(67)22(37)60)81-35-13(5-52)73-42(27(65)20(35)58)79-33-11(72-41(80-34)26(64)19(33)57)3-50-40(71)18-10-88-49(89-18)48-86-1-2-87-48/h1-2,10-17,19-39,41-47,51-70H,3-9H2,(H,50,71)/t11-,12-,13-,14-,15-,16-,17-,19-,20-,21-,22-,23-,24-,25-,26-,27-,28-,29-,30-,31-,32-,33-,34-,35-,36-,37-,38-,39-,41-,42-,43-,44-,45-,46-,47-/m1/s1. The van der Waals surface area contributed by atoms with Gasteiger partial charge >= 0.3 is 0 Å². The van der Waals surface area contributed by atoms with E-state index in [0.717, 1.165) is 20.2 Å². The predicted octanol–water partition coefficient (Wildman–Crippen LogP) is -11.7. The topological polar surface area (TPSA) is 563 Å². The Hall–Kier alpha value is -1.27. The van der Waals surface area contributed by atoms with Crippen LogP contribution in [0.3, 0.4) is 0 Å². The van der Waals surface area contributed by atoms with Crippen molar-refractivity contribution in [2.75, 3.05) is 46.2 Å². The number of rotatable bonds is 9. The Morgan fingerprint density at radius 1 is 0.315 bits per heavy atom. The van der Waals surface area contributed by atoms with Crippen molar-refractivity contribution in [1.82, 2.24) is 5.32 Å². The second-order valence-corrected chi connectivity index (χ2v) is 26.2. The minimum Gasteiger partial charge on any atom is -0.394 e. The summed E-state index contributed by atoms with van der Waals surface area (Å²) in [5.74, 6) is -0.672. The molecule has 23 rings (SSSR count). The van der Waals surface area contributed by atoms with Gasteiger partial charge in [-0.2, -0.15) is 0 Å². The molecule has 1 amide bonds. The van der Waals surface area contributed by atoms with E-state index in [0.29, 0.717) is 0 Å². The molecule has 36 nitrogen and oxygen atoms in total. The zero-order chi connectivity index (χ0) is 64.0. The van der Waals surface area contributed by atoms with Crippen LogP contribution in [0, 0.1) is 0 Å². The smallest absolute Gasteiger partial charge is 0.258 e. The van der Waals surface area contributed by atoms with Crippen LogP contribution in [0.5, 0.6) is 0 Å². The molecule has 0 radical (unpaired) electrons. The molecule has 0 unspecified atom stereocenters. The van der Waals surface area contributed by atoms with Crippen LogP contribution in [0.4, 0.5) is 0 Å². The summed E-state index contributed by atoms with van der Waals surface area (Å²) in [6, 6.07) is 0. The number of nitrogens with one attached hydrogen (secondary N) is 1. The third-order valence-corrected chi connectivity index (χ3v) is 21.4. The monoisotopic (exact) mass is 1360 g/mol. The van der Waals surface area contributed by atoms with Gasteiger partial charge < -0.3 is 174 Å². The largest absolute Gasteiger partial charge is 0.394 e. The van der Waals surface area contributed by atoms with Crippen molar-refractivity contribution in [1.29, 1.82) is 0 Å². The number of hydrogen-bond acceptors (Lipinski definition) is 39. The average molecular weight is 1360 g/mol. The number of thioether (sulfide) groups is 4. The fourth-order valence-electron chi connectivity index (χ4n) is 11.5. The molecule has 0 aliphatic carbocycles. The number of aliphatic hydroxyl groups is 20. The zero-order valence-corrected chi connectivity index (χ0v) is 49.4. The molecule has 21 N–H and O–H groups in total. The van der Waals surface area contributed by atoms with Gasteiger partial charge in [0.05, 0.1) is 53.0 Å². The number of amides is 1. The molecule has 23 aliphatic rings. The van der Waals surface area contributed by atoms with E-state index < -0.39 is 267 Å². The molecule has 0 aromatic heterocycles. The second kappa shape index (κ2) is 30.4. The van der Waals surface area contributed by atoms with Crippen LogP contribution in [0.1, 0.15) is 0 Å². The van der Waals surface area contributed by atoms with Gasteiger partial charge in [0.25, 0.3) is 5.91 Å². The molecule has 21 fully saturated rings. The first-order chi connectivity index (χ1) is 42.5. The van der Waals surface area contributed by atoms with E-state index in [4.69, 9.17) is 66.3 Å². The molecular formula is C49H73NO35S4. The Balaban J connectivity index is 0.938. The highest BCUT2D eigenvalue weighted by Gasteiger charge is 2.60. The first-order valence-electron chi connectivity index (χ1n) is 28.0. The summed E-state index contributed by atoms with van der Waals surface area (Å²) in [6.45, 7) is -6.99. The van der Waals surface area contributed by atoms with Crippen LogP contribution >= 0.6 is 47.0 Å². The minimum absolute atomic E-state index is 0.219. The molecule has 35 atom stereocenters. The van der Waals surface area contributed by atoms with Crippen molar-refractivity contribution in [2.45, 2.75) is 215 Å². The molecule has 0 spiro atoms. The maximum atomic E-state index is 13.7. The molecule has 40 heteroatoms. The van der Waals surface area contributed by atoms with Crippen LogP contribution in [0.2, 0.25) is 0 Å². The molecule has 0 aromatic rings. The normalized spacial score (nSPS) is 51.0. The zero-order valence-electron chi connectivity index (χ0n) is 46.1. The summed E-state index contributed by atoms with van der Waals surface area (Å²) in [6.07, 6.45) is -71.1. The molecule has 0 aromatic carbocycles. The lowest BCUT2D eigenvalue weighted by Crippen LogP contribution is -2.68. The fourth-order valence-corrected chi connectivity index (χ4v) is 15.8. The first kappa shape index (κ1) is 70.5. The fraction of sp³-hybridized carbons (Fsp3) is 0.857. The Kier molecular flexibility index (Phi) is 24.1.